The molecule has 0 aliphatic carbocycles. The van der Waals surface area contributed by atoms with Crippen molar-refractivity contribution in [2.45, 2.75) is 27.3 Å². The Morgan fingerprint density at radius 2 is 2.28 bits per heavy atom. The molecular weight excluding hydrogens is 250 g/mol. The normalized spacial score (nSPS) is 11.5. The van der Waals surface area contributed by atoms with Gasteiger partial charge in [-0.2, -0.15) is 16.3 Å². The van der Waals surface area contributed by atoms with Gasteiger partial charge in [0.25, 0.3) is 0 Å². The predicted octanol–water partition coefficient (Wildman–Crippen LogP) is 2.46. The zero-order chi connectivity index (χ0) is 13.2. The molecule has 0 fully saturated rings. The zero-order valence-electron chi connectivity index (χ0n) is 10.6. The molecule has 2 rings (SSSR count). The summed E-state index contributed by atoms with van der Waals surface area (Å²) in [6.07, 6.45) is 0. The second-order valence-electron chi connectivity index (χ2n) is 4.96. The first-order valence-corrected chi connectivity index (χ1v) is 6.54. The molecule has 0 saturated carbocycles. The fourth-order valence-corrected chi connectivity index (χ4v) is 1.89. The van der Waals surface area contributed by atoms with E-state index in [1.54, 1.807) is 11.3 Å². The number of thiophene rings is 1. The molecule has 2 aromatic rings. The van der Waals surface area contributed by atoms with Crippen molar-refractivity contribution in [2.75, 3.05) is 0 Å². The number of hydrogen-bond acceptors (Lipinski definition) is 5. The number of hydrogen-bond donors (Lipinski definition) is 1. The topological polar surface area (TPSA) is 68.0 Å². The number of nitrogens with zero attached hydrogens (tertiary/aromatic N) is 2. The Bertz CT molecular complexity index is 526. The Kier molecular flexibility index (Phi) is 3.47. The Morgan fingerprint density at radius 3 is 2.89 bits per heavy atom. The fourth-order valence-electron chi connectivity index (χ4n) is 1.26. The molecule has 2 heterocycles. The van der Waals surface area contributed by atoms with Crippen molar-refractivity contribution in [2.24, 2.45) is 5.41 Å². The standard InChI is InChI=1S/C12H15N3O2S/c1-12(2,3)11(16)13-6-9-14-10(15-17-9)8-4-5-18-7-8/h4-5,7H,6H2,1-3H3,(H,13,16). The third-order valence-corrected chi connectivity index (χ3v) is 3.01. The van der Waals surface area contributed by atoms with Gasteiger partial charge in [0.15, 0.2) is 0 Å². The molecule has 0 atom stereocenters. The van der Waals surface area contributed by atoms with Crippen LogP contribution >= 0.6 is 11.3 Å². The van der Waals surface area contributed by atoms with E-state index in [-0.39, 0.29) is 12.5 Å². The third-order valence-electron chi connectivity index (χ3n) is 2.33. The molecule has 0 unspecified atom stereocenters. The van der Waals surface area contributed by atoms with Crippen LogP contribution in [0.3, 0.4) is 0 Å². The summed E-state index contributed by atoms with van der Waals surface area (Å²) >= 11 is 1.57. The van der Waals surface area contributed by atoms with Gasteiger partial charge in [0.2, 0.25) is 17.6 Å². The number of carbonyl (C=O) groups excluding carboxylic acids is 1. The highest BCUT2D eigenvalue weighted by molar-refractivity contribution is 7.08. The maximum atomic E-state index is 11.7. The van der Waals surface area contributed by atoms with Gasteiger partial charge in [-0.1, -0.05) is 25.9 Å². The molecular formula is C12H15N3O2S. The van der Waals surface area contributed by atoms with Crippen molar-refractivity contribution in [1.29, 1.82) is 0 Å². The summed E-state index contributed by atoms with van der Waals surface area (Å²) in [7, 11) is 0. The molecule has 0 bridgehead atoms. The van der Waals surface area contributed by atoms with Gasteiger partial charge < -0.3 is 9.84 Å². The lowest BCUT2D eigenvalue weighted by Crippen LogP contribution is -2.34. The van der Waals surface area contributed by atoms with Crippen LogP contribution in [0.25, 0.3) is 11.4 Å². The smallest absolute Gasteiger partial charge is 0.246 e. The third kappa shape index (κ3) is 2.95. The Balaban J connectivity index is 1.98. The molecule has 2 aromatic heterocycles. The van der Waals surface area contributed by atoms with Crippen LogP contribution in [0.1, 0.15) is 26.7 Å². The van der Waals surface area contributed by atoms with Gasteiger partial charge in [-0.25, -0.2) is 0 Å². The van der Waals surface area contributed by atoms with Crippen LogP contribution in [0.4, 0.5) is 0 Å². The molecule has 0 aliphatic rings. The van der Waals surface area contributed by atoms with Crippen molar-refractivity contribution in [3.8, 4) is 11.4 Å². The van der Waals surface area contributed by atoms with Gasteiger partial charge in [-0.15, -0.1) is 0 Å². The quantitative estimate of drug-likeness (QED) is 0.925. The molecule has 18 heavy (non-hydrogen) atoms. The number of carbonyl (C=O) groups is 1. The van der Waals surface area contributed by atoms with Crippen LogP contribution in [0.5, 0.6) is 0 Å². The van der Waals surface area contributed by atoms with E-state index in [1.807, 2.05) is 37.6 Å². The molecule has 0 aliphatic heterocycles. The van der Waals surface area contributed by atoms with Gasteiger partial charge in [0, 0.05) is 16.4 Å². The van der Waals surface area contributed by atoms with E-state index < -0.39 is 5.41 Å². The fraction of sp³-hybridized carbons (Fsp3) is 0.417. The molecule has 0 spiro atoms. The second-order valence-corrected chi connectivity index (χ2v) is 5.74. The lowest BCUT2D eigenvalue weighted by Gasteiger charge is -2.16. The van der Waals surface area contributed by atoms with Gasteiger partial charge in [-0.05, 0) is 11.4 Å². The average Bonchev–Trinajstić information content (AvgIpc) is 2.94. The van der Waals surface area contributed by atoms with E-state index in [9.17, 15) is 4.79 Å². The van der Waals surface area contributed by atoms with E-state index in [2.05, 4.69) is 15.5 Å². The summed E-state index contributed by atoms with van der Waals surface area (Å²) in [6, 6.07) is 1.92. The second kappa shape index (κ2) is 4.89. The van der Waals surface area contributed by atoms with Crippen molar-refractivity contribution in [1.82, 2.24) is 15.5 Å². The molecule has 0 aromatic carbocycles. The largest absolute Gasteiger partial charge is 0.347 e. The molecule has 0 radical (unpaired) electrons. The molecule has 0 saturated heterocycles. The van der Waals surface area contributed by atoms with E-state index in [0.29, 0.717) is 11.7 Å². The van der Waals surface area contributed by atoms with Crippen LogP contribution in [0, 0.1) is 5.41 Å². The van der Waals surface area contributed by atoms with Crippen LogP contribution in [0.2, 0.25) is 0 Å². The first kappa shape index (κ1) is 12.8. The minimum absolute atomic E-state index is 0.0437. The lowest BCUT2D eigenvalue weighted by atomic mass is 9.96. The van der Waals surface area contributed by atoms with E-state index in [0.717, 1.165) is 5.56 Å². The summed E-state index contributed by atoms with van der Waals surface area (Å²) < 4.78 is 5.08. The molecule has 1 amide bonds. The summed E-state index contributed by atoms with van der Waals surface area (Å²) in [6.45, 7) is 5.82. The average molecular weight is 265 g/mol. The first-order valence-electron chi connectivity index (χ1n) is 5.60. The number of aromatic nitrogens is 2. The van der Waals surface area contributed by atoms with Gasteiger partial charge in [-0.3, -0.25) is 4.79 Å². The summed E-state index contributed by atoms with van der Waals surface area (Å²) in [4.78, 5) is 15.9. The Labute approximate surface area is 109 Å². The van der Waals surface area contributed by atoms with Crippen LogP contribution < -0.4 is 5.32 Å². The lowest BCUT2D eigenvalue weighted by molar-refractivity contribution is -0.128. The van der Waals surface area contributed by atoms with Gasteiger partial charge in [0.1, 0.15) is 0 Å². The molecule has 6 heteroatoms. The zero-order valence-corrected chi connectivity index (χ0v) is 11.4. The van der Waals surface area contributed by atoms with Crippen LogP contribution in [0.15, 0.2) is 21.3 Å². The molecule has 96 valence electrons. The van der Waals surface area contributed by atoms with Crippen molar-refractivity contribution >= 4 is 17.2 Å². The highest BCUT2D eigenvalue weighted by Crippen LogP contribution is 2.18. The van der Waals surface area contributed by atoms with Crippen molar-refractivity contribution < 1.29 is 9.32 Å². The SMILES string of the molecule is CC(C)(C)C(=O)NCc1nc(-c2ccsc2)no1. The van der Waals surface area contributed by atoms with E-state index >= 15 is 0 Å². The van der Waals surface area contributed by atoms with Crippen molar-refractivity contribution in [3.05, 3.63) is 22.7 Å². The maximum Gasteiger partial charge on any atom is 0.246 e. The predicted molar refractivity (Wildman–Crippen MR) is 68.9 cm³/mol. The minimum Gasteiger partial charge on any atom is -0.347 e. The van der Waals surface area contributed by atoms with Crippen LogP contribution in [-0.2, 0) is 11.3 Å². The summed E-state index contributed by atoms with van der Waals surface area (Å²) in [5.74, 6) is 0.919. The van der Waals surface area contributed by atoms with E-state index in [1.165, 1.54) is 0 Å². The number of nitrogens with one attached hydrogen (secondary N) is 1. The summed E-state index contributed by atoms with van der Waals surface area (Å²) in [5, 5.41) is 10.5. The molecule has 1 N–H and O–H groups in total. The monoisotopic (exact) mass is 265 g/mol. The van der Waals surface area contributed by atoms with Crippen molar-refractivity contribution in [3.63, 3.8) is 0 Å². The van der Waals surface area contributed by atoms with Crippen LogP contribution in [-0.4, -0.2) is 16.0 Å². The highest BCUT2D eigenvalue weighted by Gasteiger charge is 2.21. The van der Waals surface area contributed by atoms with Gasteiger partial charge >= 0.3 is 0 Å². The maximum absolute atomic E-state index is 11.7. The van der Waals surface area contributed by atoms with Gasteiger partial charge in [0.05, 0.1) is 6.54 Å². The number of rotatable bonds is 3. The highest BCUT2D eigenvalue weighted by atomic mass is 32.1. The summed E-state index contributed by atoms with van der Waals surface area (Å²) in [5.41, 5.74) is 0.507. The van der Waals surface area contributed by atoms with E-state index in [4.69, 9.17) is 4.52 Å². The number of amides is 1. The first-order chi connectivity index (χ1) is 8.47. The molecule has 5 nitrogen and oxygen atoms in total. The Morgan fingerprint density at radius 1 is 1.50 bits per heavy atom. The minimum atomic E-state index is -0.420. The Hall–Kier alpha value is -1.69.